The molecule has 1 aromatic rings. The Labute approximate surface area is 112 Å². The Morgan fingerprint density at radius 1 is 1.58 bits per heavy atom. The summed E-state index contributed by atoms with van der Waals surface area (Å²) in [5, 5.41) is 11.1. The predicted molar refractivity (Wildman–Crippen MR) is 64.2 cm³/mol. The maximum absolute atomic E-state index is 12.4. The van der Waals surface area contributed by atoms with Crippen molar-refractivity contribution in [1.82, 2.24) is 4.98 Å². The summed E-state index contributed by atoms with van der Waals surface area (Å²) in [7, 11) is 0. The van der Waals surface area contributed by atoms with E-state index in [2.05, 4.69) is 10.3 Å². The summed E-state index contributed by atoms with van der Waals surface area (Å²) < 4.78 is 37.2. The van der Waals surface area contributed by atoms with Gasteiger partial charge in [-0.05, 0) is 19.4 Å². The predicted octanol–water partition coefficient (Wildman–Crippen LogP) is 3.42. The Morgan fingerprint density at radius 3 is 2.68 bits per heavy atom. The van der Waals surface area contributed by atoms with Crippen LogP contribution < -0.4 is 5.32 Å². The monoisotopic (exact) mass is 296 g/mol. The maximum Gasteiger partial charge on any atom is 0.417 e. The molecule has 0 spiro atoms. The van der Waals surface area contributed by atoms with E-state index in [1.54, 1.807) is 6.92 Å². The van der Waals surface area contributed by atoms with Gasteiger partial charge in [0.25, 0.3) is 0 Å². The summed E-state index contributed by atoms with van der Waals surface area (Å²) in [5.41, 5.74) is -0.929. The Balaban J connectivity index is 2.72. The zero-order chi connectivity index (χ0) is 14.6. The van der Waals surface area contributed by atoms with Crippen molar-refractivity contribution in [3.05, 3.63) is 22.8 Å². The van der Waals surface area contributed by atoms with Crippen molar-refractivity contribution < 1.29 is 23.1 Å². The number of pyridine rings is 1. The lowest BCUT2D eigenvalue weighted by molar-refractivity contribution is -0.138. The van der Waals surface area contributed by atoms with Crippen LogP contribution in [0.2, 0.25) is 5.02 Å². The minimum absolute atomic E-state index is 0.0492. The van der Waals surface area contributed by atoms with Crippen molar-refractivity contribution in [2.24, 2.45) is 0 Å². The molecule has 19 heavy (non-hydrogen) atoms. The minimum Gasteiger partial charge on any atom is -0.481 e. The summed E-state index contributed by atoms with van der Waals surface area (Å²) in [4.78, 5) is 14.0. The Morgan fingerprint density at radius 2 is 2.21 bits per heavy atom. The van der Waals surface area contributed by atoms with E-state index in [0.29, 0.717) is 12.6 Å². The molecule has 1 unspecified atom stereocenters. The molecule has 1 atom stereocenters. The van der Waals surface area contributed by atoms with Gasteiger partial charge >= 0.3 is 12.1 Å². The zero-order valence-corrected chi connectivity index (χ0v) is 10.7. The van der Waals surface area contributed by atoms with Crippen LogP contribution in [0.3, 0.4) is 0 Å². The van der Waals surface area contributed by atoms with Gasteiger partial charge in [0.2, 0.25) is 0 Å². The molecule has 0 bridgehead atoms. The van der Waals surface area contributed by atoms with Gasteiger partial charge in [0.15, 0.2) is 0 Å². The molecule has 0 saturated carbocycles. The first-order valence-electron chi connectivity index (χ1n) is 5.41. The van der Waals surface area contributed by atoms with Gasteiger partial charge in [0, 0.05) is 18.7 Å². The number of rotatable bonds is 5. The molecule has 0 aliphatic carbocycles. The van der Waals surface area contributed by atoms with Crippen LogP contribution in [0.15, 0.2) is 12.3 Å². The van der Waals surface area contributed by atoms with Crippen molar-refractivity contribution in [3.8, 4) is 0 Å². The first kappa shape index (κ1) is 15.6. The van der Waals surface area contributed by atoms with Gasteiger partial charge in [0.1, 0.15) is 5.82 Å². The van der Waals surface area contributed by atoms with Crippen LogP contribution in [0.25, 0.3) is 0 Å². The number of hydrogen-bond acceptors (Lipinski definition) is 3. The molecule has 0 aromatic carbocycles. The molecule has 2 N–H and O–H groups in total. The second-order valence-electron chi connectivity index (χ2n) is 4.03. The fourth-order valence-corrected chi connectivity index (χ4v) is 1.57. The summed E-state index contributed by atoms with van der Waals surface area (Å²) in [6, 6.07) is 0.513. The number of carboxylic acid groups (broad SMARTS) is 1. The molecule has 1 aromatic heterocycles. The molecule has 8 heteroatoms. The van der Waals surface area contributed by atoms with Gasteiger partial charge in [0.05, 0.1) is 10.6 Å². The van der Waals surface area contributed by atoms with Gasteiger partial charge in [-0.15, -0.1) is 0 Å². The summed E-state index contributed by atoms with van der Waals surface area (Å²) >= 11 is 5.70. The van der Waals surface area contributed by atoms with Crippen LogP contribution in [0, 0.1) is 0 Å². The van der Waals surface area contributed by atoms with Crippen LogP contribution >= 0.6 is 11.6 Å². The average Bonchev–Trinajstić information content (AvgIpc) is 2.27. The molecule has 0 saturated heterocycles. The summed E-state index contributed by atoms with van der Waals surface area (Å²) in [6.45, 7) is 1.69. The molecular formula is C11H12ClF3N2O2. The van der Waals surface area contributed by atoms with Crippen molar-refractivity contribution in [2.75, 3.05) is 5.32 Å². The number of hydrogen-bond donors (Lipinski definition) is 2. The number of aromatic nitrogens is 1. The quantitative estimate of drug-likeness (QED) is 0.874. The number of nitrogens with zero attached hydrogens (tertiary/aromatic N) is 1. The minimum atomic E-state index is -4.50. The maximum atomic E-state index is 12.4. The first-order valence-corrected chi connectivity index (χ1v) is 5.79. The smallest absolute Gasteiger partial charge is 0.417 e. The molecule has 0 aliphatic rings. The average molecular weight is 297 g/mol. The van der Waals surface area contributed by atoms with E-state index in [-0.39, 0.29) is 23.3 Å². The second-order valence-corrected chi connectivity index (χ2v) is 4.44. The van der Waals surface area contributed by atoms with Gasteiger partial charge in [-0.2, -0.15) is 13.2 Å². The second kappa shape index (κ2) is 6.10. The SMILES string of the molecule is CC(CCC(=O)O)Nc1ncc(C(F)(F)F)cc1Cl. The number of aliphatic carboxylic acids is 1. The van der Waals surface area contributed by atoms with E-state index in [1.165, 1.54) is 0 Å². The lowest BCUT2D eigenvalue weighted by Crippen LogP contribution is -2.18. The molecule has 1 heterocycles. The van der Waals surface area contributed by atoms with Gasteiger partial charge < -0.3 is 10.4 Å². The third-order valence-electron chi connectivity index (χ3n) is 2.34. The van der Waals surface area contributed by atoms with E-state index in [9.17, 15) is 18.0 Å². The third-order valence-corrected chi connectivity index (χ3v) is 2.63. The highest BCUT2D eigenvalue weighted by Gasteiger charge is 2.31. The zero-order valence-electron chi connectivity index (χ0n) is 9.96. The lowest BCUT2D eigenvalue weighted by Gasteiger charge is -2.15. The van der Waals surface area contributed by atoms with E-state index in [0.717, 1.165) is 6.07 Å². The van der Waals surface area contributed by atoms with Crippen molar-refractivity contribution in [3.63, 3.8) is 0 Å². The van der Waals surface area contributed by atoms with E-state index >= 15 is 0 Å². The third kappa shape index (κ3) is 4.94. The molecule has 0 radical (unpaired) electrons. The van der Waals surface area contributed by atoms with Crippen LogP contribution in [-0.4, -0.2) is 22.1 Å². The highest BCUT2D eigenvalue weighted by Crippen LogP contribution is 2.32. The van der Waals surface area contributed by atoms with Crippen LogP contribution in [0.1, 0.15) is 25.3 Å². The lowest BCUT2D eigenvalue weighted by atomic mass is 10.2. The van der Waals surface area contributed by atoms with Gasteiger partial charge in [-0.3, -0.25) is 4.79 Å². The van der Waals surface area contributed by atoms with Gasteiger partial charge in [-0.25, -0.2) is 4.98 Å². The number of alkyl halides is 3. The number of nitrogens with one attached hydrogen (secondary N) is 1. The van der Waals surface area contributed by atoms with Crippen LogP contribution in [-0.2, 0) is 11.0 Å². The number of carbonyl (C=O) groups is 1. The normalized spacial score (nSPS) is 13.1. The standard InChI is InChI=1S/C11H12ClF3N2O2/c1-6(2-3-9(18)19)17-10-8(12)4-7(5-16-10)11(13,14)15/h4-6H,2-3H2,1H3,(H,16,17)(H,18,19). The fourth-order valence-electron chi connectivity index (χ4n) is 1.34. The summed E-state index contributed by atoms with van der Waals surface area (Å²) in [6.07, 6.45) is -3.55. The molecule has 4 nitrogen and oxygen atoms in total. The molecule has 0 fully saturated rings. The van der Waals surface area contributed by atoms with Crippen molar-refractivity contribution >= 4 is 23.4 Å². The van der Waals surface area contributed by atoms with E-state index in [1.807, 2.05) is 0 Å². The van der Waals surface area contributed by atoms with Crippen molar-refractivity contribution in [1.29, 1.82) is 0 Å². The Hall–Kier alpha value is -1.50. The number of carboxylic acids is 1. The molecule has 1 rings (SSSR count). The van der Waals surface area contributed by atoms with Crippen LogP contribution in [0.4, 0.5) is 19.0 Å². The molecule has 106 valence electrons. The molecular weight excluding hydrogens is 285 g/mol. The Bertz CT molecular complexity index is 466. The van der Waals surface area contributed by atoms with Crippen LogP contribution in [0.5, 0.6) is 0 Å². The van der Waals surface area contributed by atoms with Crippen molar-refractivity contribution in [2.45, 2.75) is 32.0 Å². The number of anilines is 1. The first-order chi connectivity index (χ1) is 8.70. The highest BCUT2D eigenvalue weighted by molar-refractivity contribution is 6.33. The summed E-state index contributed by atoms with van der Waals surface area (Å²) in [5.74, 6) is -0.840. The molecule has 0 aliphatic heterocycles. The van der Waals surface area contributed by atoms with E-state index in [4.69, 9.17) is 16.7 Å². The van der Waals surface area contributed by atoms with Gasteiger partial charge in [-0.1, -0.05) is 11.6 Å². The fraction of sp³-hybridized carbons (Fsp3) is 0.455. The molecule has 0 amide bonds. The number of halogens is 4. The largest absolute Gasteiger partial charge is 0.481 e. The van der Waals surface area contributed by atoms with E-state index < -0.39 is 17.7 Å². The highest BCUT2D eigenvalue weighted by atomic mass is 35.5. The Kier molecular flexibility index (Phi) is 4.99. The topological polar surface area (TPSA) is 62.2 Å².